The van der Waals surface area contributed by atoms with Crippen LogP contribution >= 0.6 is 0 Å². The zero-order valence-electron chi connectivity index (χ0n) is 16.5. The molecule has 1 fully saturated rings. The molecule has 1 heterocycles. The Morgan fingerprint density at radius 1 is 1.07 bits per heavy atom. The Labute approximate surface area is 170 Å². The van der Waals surface area contributed by atoms with Crippen molar-refractivity contribution in [1.29, 1.82) is 0 Å². The van der Waals surface area contributed by atoms with Gasteiger partial charge in [-0.2, -0.15) is 0 Å². The molecule has 0 saturated carbocycles. The fourth-order valence-corrected chi connectivity index (χ4v) is 3.36. The molecule has 152 valence electrons. The molecule has 7 heteroatoms. The second kappa shape index (κ2) is 9.23. The predicted octanol–water partition coefficient (Wildman–Crippen LogP) is 2.71. The average molecular weight is 394 g/mol. The average Bonchev–Trinajstić information content (AvgIpc) is 2.72. The van der Waals surface area contributed by atoms with Crippen molar-refractivity contribution in [2.45, 2.75) is 19.8 Å². The van der Waals surface area contributed by atoms with Crippen molar-refractivity contribution < 1.29 is 14.4 Å². The van der Waals surface area contributed by atoms with Crippen LogP contribution in [0.5, 0.6) is 0 Å². The Bertz CT molecular complexity index is 904. The van der Waals surface area contributed by atoms with E-state index < -0.39 is 5.91 Å². The van der Waals surface area contributed by atoms with Gasteiger partial charge in [0, 0.05) is 30.0 Å². The van der Waals surface area contributed by atoms with Crippen LogP contribution in [0.3, 0.4) is 0 Å². The summed E-state index contributed by atoms with van der Waals surface area (Å²) in [7, 11) is 0. The number of hydrogen-bond acceptors (Lipinski definition) is 4. The number of primary amides is 1. The molecule has 2 aromatic carbocycles. The first kappa shape index (κ1) is 20.4. The lowest BCUT2D eigenvalue weighted by Crippen LogP contribution is -2.37. The minimum Gasteiger partial charge on any atom is -0.376 e. The van der Waals surface area contributed by atoms with Crippen LogP contribution in [0.25, 0.3) is 0 Å². The molecule has 0 unspecified atom stereocenters. The molecule has 3 rings (SSSR count). The number of anilines is 2. The summed E-state index contributed by atoms with van der Waals surface area (Å²) in [5, 5.41) is 5.70. The summed E-state index contributed by atoms with van der Waals surface area (Å²) in [4.78, 5) is 38.3. The Kier molecular flexibility index (Phi) is 6.49. The summed E-state index contributed by atoms with van der Waals surface area (Å²) in [6.45, 7) is 3.69. The largest absolute Gasteiger partial charge is 0.376 e. The van der Waals surface area contributed by atoms with E-state index in [1.165, 1.54) is 0 Å². The fourth-order valence-electron chi connectivity index (χ4n) is 3.36. The molecule has 0 aromatic heterocycles. The molecule has 1 aliphatic heterocycles. The van der Waals surface area contributed by atoms with Gasteiger partial charge in [0.1, 0.15) is 0 Å². The molecule has 7 nitrogen and oxygen atoms in total. The number of likely N-dealkylation sites (tertiary alicyclic amines) is 1. The van der Waals surface area contributed by atoms with Crippen molar-refractivity contribution in [1.82, 2.24) is 4.90 Å². The molecule has 0 bridgehead atoms. The third kappa shape index (κ3) is 5.34. The van der Waals surface area contributed by atoms with Gasteiger partial charge in [-0.15, -0.1) is 0 Å². The van der Waals surface area contributed by atoms with Gasteiger partial charge in [0.25, 0.3) is 11.8 Å². The minimum atomic E-state index is -0.563. The second-order valence-corrected chi connectivity index (χ2v) is 7.37. The number of carbonyl (C=O) groups excluding carboxylic acids is 3. The normalized spacial score (nSPS) is 14.3. The van der Waals surface area contributed by atoms with Crippen LogP contribution in [0.2, 0.25) is 0 Å². The van der Waals surface area contributed by atoms with Crippen molar-refractivity contribution in [2.75, 3.05) is 30.3 Å². The summed E-state index contributed by atoms with van der Waals surface area (Å²) in [5.74, 6) is -0.217. The first-order valence-electron chi connectivity index (χ1n) is 9.76. The maximum atomic E-state index is 12.7. The second-order valence-electron chi connectivity index (χ2n) is 7.37. The van der Waals surface area contributed by atoms with E-state index >= 15 is 0 Å². The molecule has 3 amide bonds. The lowest BCUT2D eigenvalue weighted by Gasteiger charge is -2.30. The van der Waals surface area contributed by atoms with Crippen LogP contribution in [0.15, 0.2) is 48.5 Å². The van der Waals surface area contributed by atoms with E-state index in [1.807, 2.05) is 4.90 Å². The highest BCUT2D eigenvalue weighted by atomic mass is 16.2. The molecular formula is C22H26N4O3. The standard InChI is InChI=1S/C22H26N4O3/c1-15-9-11-26(12-10-15)22(29)16-5-4-6-17(13-16)25-20(27)14-24-19-8-3-2-7-18(19)21(23)28/h2-8,13,15,24H,9-12,14H2,1H3,(H2,23,28)(H,25,27). The van der Waals surface area contributed by atoms with Crippen LogP contribution < -0.4 is 16.4 Å². The third-order valence-electron chi connectivity index (χ3n) is 5.10. The number of nitrogens with one attached hydrogen (secondary N) is 2. The van der Waals surface area contributed by atoms with E-state index in [9.17, 15) is 14.4 Å². The molecule has 1 saturated heterocycles. The van der Waals surface area contributed by atoms with Crippen LogP contribution in [-0.4, -0.2) is 42.3 Å². The van der Waals surface area contributed by atoms with Crippen molar-refractivity contribution in [2.24, 2.45) is 11.7 Å². The van der Waals surface area contributed by atoms with E-state index in [0.29, 0.717) is 28.4 Å². The van der Waals surface area contributed by atoms with E-state index in [1.54, 1.807) is 48.5 Å². The molecule has 0 radical (unpaired) electrons. The highest BCUT2D eigenvalue weighted by Crippen LogP contribution is 2.20. The number of benzene rings is 2. The van der Waals surface area contributed by atoms with E-state index in [-0.39, 0.29) is 18.4 Å². The van der Waals surface area contributed by atoms with Crippen molar-refractivity contribution in [3.05, 3.63) is 59.7 Å². The number of hydrogen-bond donors (Lipinski definition) is 3. The number of para-hydroxylation sites is 1. The van der Waals surface area contributed by atoms with E-state index in [0.717, 1.165) is 25.9 Å². The number of piperidine rings is 1. The maximum Gasteiger partial charge on any atom is 0.253 e. The van der Waals surface area contributed by atoms with Crippen molar-refractivity contribution >= 4 is 29.1 Å². The first-order chi connectivity index (χ1) is 13.9. The quantitative estimate of drug-likeness (QED) is 0.701. The number of carbonyl (C=O) groups is 3. The van der Waals surface area contributed by atoms with Crippen molar-refractivity contribution in [3.63, 3.8) is 0 Å². The van der Waals surface area contributed by atoms with Crippen LogP contribution in [0.1, 0.15) is 40.5 Å². The Hall–Kier alpha value is -3.35. The van der Waals surface area contributed by atoms with Gasteiger partial charge in [0.15, 0.2) is 0 Å². The molecule has 0 spiro atoms. The predicted molar refractivity (Wildman–Crippen MR) is 113 cm³/mol. The number of amides is 3. The number of nitrogens with two attached hydrogens (primary N) is 1. The molecule has 29 heavy (non-hydrogen) atoms. The lowest BCUT2D eigenvalue weighted by atomic mass is 9.98. The molecule has 1 aliphatic rings. The highest BCUT2D eigenvalue weighted by Gasteiger charge is 2.21. The van der Waals surface area contributed by atoms with Gasteiger partial charge in [-0.05, 0) is 49.1 Å². The highest BCUT2D eigenvalue weighted by molar-refractivity contribution is 6.00. The molecule has 0 atom stereocenters. The summed E-state index contributed by atoms with van der Waals surface area (Å²) in [6.07, 6.45) is 2.03. The third-order valence-corrected chi connectivity index (χ3v) is 5.10. The van der Waals surface area contributed by atoms with Gasteiger partial charge in [0.05, 0.1) is 12.1 Å². The summed E-state index contributed by atoms with van der Waals surface area (Å²) < 4.78 is 0. The lowest BCUT2D eigenvalue weighted by molar-refractivity contribution is -0.114. The van der Waals surface area contributed by atoms with E-state index in [4.69, 9.17) is 5.73 Å². The Morgan fingerprint density at radius 3 is 2.52 bits per heavy atom. The summed E-state index contributed by atoms with van der Waals surface area (Å²) in [6, 6.07) is 13.7. The van der Waals surface area contributed by atoms with Gasteiger partial charge in [-0.25, -0.2) is 0 Å². The monoisotopic (exact) mass is 394 g/mol. The molecular weight excluding hydrogens is 368 g/mol. The molecule has 0 aliphatic carbocycles. The zero-order chi connectivity index (χ0) is 20.8. The number of nitrogens with zero attached hydrogens (tertiary/aromatic N) is 1. The van der Waals surface area contributed by atoms with Crippen molar-refractivity contribution in [3.8, 4) is 0 Å². The molecule has 2 aromatic rings. The van der Waals surface area contributed by atoms with Gasteiger partial charge >= 0.3 is 0 Å². The smallest absolute Gasteiger partial charge is 0.253 e. The van der Waals surface area contributed by atoms with Gasteiger partial charge < -0.3 is 21.3 Å². The van der Waals surface area contributed by atoms with Gasteiger partial charge in [-0.3, -0.25) is 14.4 Å². The SMILES string of the molecule is CC1CCN(C(=O)c2cccc(NC(=O)CNc3ccccc3C(N)=O)c2)CC1. The first-order valence-corrected chi connectivity index (χ1v) is 9.76. The topological polar surface area (TPSA) is 105 Å². The van der Waals surface area contributed by atoms with Gasteiger partial charge in [0.2, 0.25) is 5.91 Å². The Balaban J connectivity index is 1.59. The fraction of sp³-hybridized carbons (Fsp3) is 0.318. The summed E-state index contributed by atoms with van der Waals surface area (Å²) in [5.41, 5.74) is 7.28. The molecule has 4 N–H and O–H groups in total. The van der Waals surface area contributed by atoms with E-state index in [2.05, 4.69) is 17.6 Å². The number of rotatable bonds is 6. The van der Waals surface area contributed by atoms with Gasteiger partial charge in [-0.1, -0.05) is 25.1 Å². The maximum absolute atomic E-state index is 12.7. The summed E-state index contributed by atoms with van der Waals surface area (Å²) >= 11 is 0. The van der Waals surface area contributed by atoms with Crippen LogP contribution in [0.4, 0.5) is 11.4 Å². The zero-order valence-corrected chi connectivity index (χ0v) is 16.5. The Morgan fingerprint density at radius 2 is 1.79 bits per heavy atom. The van der Waals surface area contributed by atoms with Crippen LogP contribution in [-0.2, 0) is 4.79 Å². The minimum absolute atomic E-state index is 0.0125. The van der Waals surface area contributed by atoms with Crippen LogP contribution in [0, 0.1) is 5.92 Å².